The van der Waals surface area contributed by atoms with E-state index < -0.39 is 0 Å². The van der Waals surface area contributed by atoms with Gasteiger partial charge >= 0.3 is 0 Å². The minimum atomic E-state index is 0.418. The van der Waals surface area contributed by atoms with E-state index in [0.717, 1.165) is 17.6 Å². The van der Waals surface area contributed by atoms with Gasteiger partial charge in [0, 0.05) is 13.7 Å². The van der Waals surface area contributed by atoms with Gasteiger partial charge in [-0.1, -0.05) is 19.3 Å². The molecule has 3 rings (SSSR count). The molecule has 0 unspecified atom stereocenters. The Labute approximate surface area is 118 Å². The number of hydrogen-bond acceptors (Lipinski definition) is 5. The molecule has 2 aromatic heterocycles. The number of hydrogen-bond donors (Lipinski definition) is 1. The van der Waals surface area contributed by atoms with E-state index in [1.54, 1.807) is 10.9 Å². The van der Waals surface area contributed by atoms with Crippen LogP contribution in [0.15, 0.2) is 6.20 Å². The lowest BCUT2D eigenvalue weighted by atomic mass is 9.90. The summed E-state index contributed by atoms with van der Waals surface area (Å²) < 4.78 is 7.48. The van der Waals surface area contributed by atoms with Crippen LogP contribution in [0, 0.1) is 5.92 Å². The van der Waals surface area contributed by atoms with Gasteiger partial charge in [0.2, 0.25) is 0 Å². The second-order valence-electron chi connectivity index (χ2n) is 5.55. The van der Waals surface area contributed by atoms with Gasteiger partial charge < -0.3 is 10.5 Å². The Bertz CT molecular complexity index is 589. The van der Waals surface area contributed by atoms with Gasteiger partial charge in [-0.25, -0.2) is 9.97 Å². The molecular weight excluding hydrogens is 254 g/mol. The van der Waals surface area contributed by atoms with E-state index in [-0.39, 0.29) is 0 Å². The smallest absolute Gasteiger partial charge is 0.163 e. The van der Waals surface area contributed by atoms with Gasteiger partial charge in [0.05, 0.1) is 11.6 Å². The highest BCUT2D eigenvalue weighted by Gasteiger charge is 2.14. The molecule has 2 N–H and O–H groups in total. The molecule has 108 valence electrons. The van der Waals surface area contributed by atoms with Crippen molar-refractivity contribution in [3.05, 3.63) is 12.0 Å². The molecule has 6 heteroatoms. The first-order valence-electron chi connectivity index (χ1n) is 7.26. The molecular formula is C14H21N5O. The Balaban J connectivity index is 1.63. The van der Waals surface area contributed by atoms with Crippen molar-refractivity contribution < 1.29 is 4.74 Å². The summed E-state index contributed by atoms with van der Waals surface area (Å²) in [4.78, 5) is 8.75. The van der Waals surface area contributed by atoms with E-state index in [0.29, 0.717) is 24.2 Å². The zero-order chi connectivity index (χ0) is 13.9. The fourth-order valence-electron chi connectivity index (χ4n) is 2.83. The molecule has 0 aliphatic heterocycles. The Morgan fingerprint density at radius 1 is 1.30 bits per heavy atom. The molecule has 0 bridgehead atoms. The third kappa shape index (κ3) is 2.75. The summed E-state index contributed by atoms with van der Waals surface area (Å²) in [5.74, 6) is 1.80. The maximum absolute atomic E-state index is 5.92. The van der Waals surface area contributed by atoms with E-state index in [1.165, 1.54) is 32.1 Å². The average Bonchev–Trinajstić information content (AvgIpc) is 2.82. The predicted molar refractivity (Wildman–Crippen MR) is 76.9 cm³/mol. The van der Waals surface area contributed by atoms with Crippen LogP contribution in [0.5, 0.6) is 0 Å². The number of aromatic nitrogens is 4. The van der Waals surface area contributed by atoms with Crippen LogP contribution >= 0.6 is 0 Å². The van der Waals surface area contributed by atoms with Gasteiger partial charge in [-0.2, -0.15) is 5.10 Å². The first-order valence-corrected chi connectivity index (χ1v) is 7.26. The molecule has 2 aromatic rings. The van der Waals surface area contributed by atoms with Crippen molar-refractivity contribution in [3.8, 4) is 0 Å². The third-order valence-corrected chi connectivity index (χ3v) is 3.98. The molecule has 6 nitrogen and oxygen atoms in total. The summed E-state index contributed by atoms with van der Waals surface area (Å²) in [6.07, 6.45) is 8.29. The van der Waals surface area contributed by atoms with Crippen LogP contribution in [0.4, 0.5) is 5.82 Å². The number of aryl methyl sites for hydroxylation is 1. The lowest BCUT2D eigenvalue weighted by Gasteiger charge is -2.21. The van der Waals surface area contributed by atoms with Crippen LogP contribution in [0.1, 0.15) is 37.9 Å². The Hall–Kier alpha value is -1.69. The highest BCUT2D eigenvalue weighted by molar-refractivity contribution is 5.84. The van der Waals surface area contributed by atoms with E-state index in [4.69, 9.17) is 10.5 Å². The number of nitrogen functional groups attached to an aromatic ring is 1. The van der Waals surface area contributed by atoms with E-state index >= 15 is 0 Å². The monoisotopic (exact) mass is 275 g/mol. The SMILES string of the molecule is Cn1ncc2c(N)nc(COCC3CCCCC3)nc21. The molecule has 1 fully saturated rings. The van der Waals surface area contributed by atoms with E-state index in [9.17, 15) is 0 Å². The Morgan fingerprint density at radius 2 is 2.10 bits per heavy atom. The number of nitrogens with two attached hydrogens (primary N) is 1. The highest BCUT2D eigenvalue weighted by Crippen LogP contribution is 2.24. The summed E-state index contributed by atoms with van der Waals surface area (Å²) in [5, 5.41) is 4.94. The summed E-state index contributed by atoms with van der Waals surface area (Å²) >= 11 is 0. The summed E-state index contributed by atoms with van der Waals surface area (Å²) in [7, 11) is 1.85. The molecule has 0 saturated heterocycles. The van der Waals surface area contributed by atoms with Gasteiger partial charge in [-0.15, -0.1) is 0 Å². The van der Waals surface area contributed by atoms with Crippen LogP contribution in [0.25, 0.3) is 11.0 Å². The Morgan fingerprint density at radius 3 is 2.90 bits per heavy atom. The highest BCUT2D eigenvalue weighted by atomic mass is 16.5. The van der Waals surface area contributed by atoms with Crippen LogP contribution in [-0.4, -0.2) is 26.4 Å². The quantitative estimate of drug-likeness (QED) is 0.923. The molecule has 1 aliphatic rings. The number of rotatable bonds is 4. The fraction of sp³-hybridized carbons (Fsp3) is 0.643. The molecule has 2 heterocycles. The van der Waals surface area contributed by atoms with Gasteiger partial charge in [0.15, 0.2) is 11.5 Å². The molecule has 1 aliphatic carbocycles. The lowest BCUT2D eigenvalue weighted by molar-refractivity contribution is 0.0701. The summed E-state index contributed by atoms with van der Waals surface area (Å²) in [6, 6.07) is 0. The van der Waals surface area contributed by atoms with Crippen LogP contribution in [0.2, 0.25) is 0 Å². The molecule has 1 saturated carbocycles. The number of anilines is 1. The van der Waals surface area contributed by atoms with Gasteiger partial charge in [0.25, 0.3) is 0 Å². The molecule has 0 spiro atoms. The maximum Gasteiger partial charge on any atom is 0.163 e. The number of fused-ring (bicyclic) bond motifs is 1. The normalized spacial score (nSPS) is 16.9. The van der Waals surface area contributed by atoms with Gasteiger partial charge in [-0.3, -0.25) is 4.68 Å². The van der Waals surface area contributed by atoms with E-state index in [2.05, 4.69) is 15.1 Å². The zero-order valence-corrected chi connectivity index (χ0v) is 11.9. The topological polar surface area (TPSA) is 78.9 Å². The van der Waals surface area contributed by atoms with Crippen molar-refractivity contribution >= 4 is 16.9 Å². The maximum atomic E-state index is 5.92. The minimum Gasteiger partial charge on any atom is -0.383 e. The number of nitrogens with zero attached hydrogens (tertiary/aromatic N) is 4. The average molecular weight is 275 g/mol. The van der Waals surface area contributed by atoms with Crippen molar-refractivity contribution in [1.29, 1.82) is 0 Å². The Kier molecular flexibility index (Phi) is 3.82. The van der Waals surface area contributed by atoms with Crippen molar-refractivity contribution in [1.82, 2.24) is 19.7 Å². The van der Waals surface area contributed by atoms with Crippen LogP contribution in [-0.2, 0) is 18.4 Å². The lowest BCUT2D eigenvalue weighted by Crippen LogP contribution is -2.14. The van der Waals surface area contributed by atoms with Crippen molar-refractivity contribution in [2.45, 2.75) is 38.7 Å². The minimum absolute atomic E-state index is 0.418. The van der Waals surface area contributed by atoms with Gasteiger partial charge in [0.1, 0.15) is 12.4 Å². The third-order valence-electron chi connectivity index (χ3n) is 3.98. The van der Waals surface area contributed by atoms with Crippen molar-refractivity contribution in [3.63, 3.8) is 0 Å². The standard InChI is InChI=1S/C14H21N5O/c1-19-14-11(7-16-19)13(15)17-12(18-14)9-20-8-10-5-3-2-4-6-10/h7,10H,2-6,8-9H2,1H3,(H2,15,17,18). The molecule has 0 radical (unpaired) electrons. The first-order chi connectivity index (χ1) is 9.74. The van der Waals surface area contributed by atoms with Crippen LogP contribution < -0.4 is 5.73 Å². The predicted octanol–water partition coefficient (Wildman–Crippen LogP) is 2.04. The largest absolute Gasteiger partial charge is 0.383 e. The molecule has 0 aromatic carbocycles. The summed E-state index contributed by atoms with van der Waals surface area (Å²) in [5.41, 5.74) is 6.68. The fourth-order valence-corrected chi connectivity index (χ4v) is 2.83. The van der Waals surface area contributed by atoms with Crippen molar-refractivity contribution in [2.24, 2.45) is 13.0 Å². The second kappa shape index (κ2) is 5.75. The van der Waals surface area contributed by atoms with Crippen LogP contribution in [0.3, 0.4) is 0 Å². The molecule has 0 amide bonds. The zero-order valence-electron chi connectivity index (χ0n) is 11.9. The second-order valence-corrected chi connectivity index (χ2v) is 5.55. The first kappa shape index (κ1) is 13.3. The summed E-state index contributed by atoms with van der Waals surface area (Å²) in [6.45, 7) is 1.22. The number of ether oxygens (including phenoxy) is 1. The van der Waals surface area contributed by atoms with Gasteiger partial charge in [-0.05, 0) is 18.8 Å². The van der Waals surface area contributed by atoms with E-state index in [1.807, 2.05) is 7.05 Å². The van der Waals surface area contributed by atoms with Crippen molar-refractivity contribution in [2.75, 3.05) is 12.3 Å². The molecule has 0 atom stereocenters. The molecule has 20 heavy (non-hydrogen) atoms.